The summed E-state index contributed by atoms with van der Waals surface area (Å²) < 4.78 is 18.7. The molecule has 0 aromatic heterocycles. The van der Waals surface area contributed by atoms with Crippen LogP contribution in [0.1, 0.15) is 296 Å². The molecule has 8 heteroatoms. The molecular formula is C67H132ClNO6. The van der Waals surface area contributed by atoms with Crippen LogP contribution in [-0.2, 0) is 28.6 Å². The smallest absolute Gasteiger partial charge is 0.306 e. The zero-order valence-corrected chi connectivity index (χ0v) is 54.3. The predicted molar refractivity (Wildman–Crippen MR) is 319 cm³/mol. The monoisotopic (exact) mass is 1080 g/mol. The molecule has 0 fully saturated rings. The summed E-state index contributed by atoms with van der Waals surface area (Å²) >= 11 is 0. The van der Waals surface area contributed by atoms with Crippen molar-refractivity contribution >= 4 is 17.9 Å². The van der Waals surface area contributed by atoms with Gasteiger partial charge in [-0.05, 0) is 71.0 Å². The molecule has 7 nitrogen and oxygen atoms in total. The minimum absolute atomic E-state index is 0. The van der Waals surface area contributed by atoms with Gasteiger partial charge in [-0.25, -0.2) is 0 Å². The van der Waals surface area contributed by atoms with Crippen molar-refractivity contribution in [2.75, 3.05) is 41.0 Å². The van der Waals surface area contributed by atoms with Crippen molar-refractivity contribution in [2.24, 2.45) is 71.0 Å². The topological polar surface area (TPSA) is 78.9 Å². The van der Waals surface area contributed by atoms with Crippen LogP contribution in [0.2, 0.25) is 0 Å². The maximum absolute atomic E-state index is 13.6. The van der Waals surface area contributed by atoms with E-state index < -0.39 is 5.54 Å². The van der Waals surface area contributed by atoms with Gasteiger partial charge < -0.3 is 31.1 Å². The van der Waals surface area contributed by atoms with Gasteiger partial charge in [-0.15, -0.1) is 0 Å². The Morgan fingerprint density at radius 2 is 0.453 bits per heavy atom. The third kappa shape index (κ3) is 43.2. The normalized spacial score (nSPS) is 16.6. The molecule has 0 amide bonds. The van der Waals surface area contributed by atoms with Gasteiger partial charge in [-0.1, -0.05) is 277 Å². The molecule has 0 radical (unpaired) electrons. The lowest BCUT2D eigenvalue weighted by atomic mass is 9.91. The van der Waals surface area contributed by atoms with Crippen LogP contribution < -0.4 is 12.4 Å². The largest absolute Gasteiger partial charge is 1.00 e. The average Bonchev–Trinajstić information content (AvgIpc) is 3.28. The van der Waals surface area contributed by atoms with E-state index in [9.17, 15) is 14.4 Å². The molecule has 0 saturated heterocycles. The second-order valence-corrected chi connectivity index (χ2v) is 28.3. The van der Waals surface area contributed by atoms with Crippen LogP contribution in [0.25, 0.3) is 0 Å². The number of hydrogen-bond acceptors (Lipinski definition) is 6. The van der Waals surface area contributed by atoms with Crippen molar-refractivity contribution < 1.29 is 45.5 Å². The summed E-state index contributed by atoms with van der Waals surface area (Å²) in [5.41, 5.74) is -0.958. The molecule has 0 bridgehead atoms. The van der Waals surface area contributed by atoms with Crippen molar-refractivity contribution in [3.05, 3.63) is 0 Å². The number of likely N-dealkylation sites (N-methyl/N-ethyl adjacent to an activating group) is 1. The van der Waals surface area contributed by atoms with Crippen LogP contribution in [0, 0.1) is 71.0 Å². The lowest BCUT2D eigenvalue weighted by Crippen LogP contribution is -3.00. The predicted octanol–water partition coefficient (Wildman–Crippen LogP) is 16.5. The Hall–Kier alpha value is -1.34. The number of nitrogens with zero attached hydrogens (tertiary/aromatic N) is 1. The van der Waals surface area contributed by atoms with E-state index >= 15 is 0 Å². The molecule has 0 aliphatic rings. The number of rotatable bonds is 49. The Balaban J connectivity index is 0. The number of carbonyl (C=O) groups excluding carboxylic acids is 3. The third-order valence-corrected chi connectivity index (χ3v) is 17.3. The molecule has 0 aliphatic carbocycles. The van der Waals surface area contributed by atoms with E-state index in [0.29, 0.717) is 41.5 Å². The molecular weight excluding hydrogens is 950 g/mol. The molecule has 0 heterocycles. The lowest BCUT2D eigenvalue weighted by molar-refractivity contribution is -0.925. The summed E-state index contributed by atoms with van der Waals surface area (Å²) in [6.45, 7) is 34.8. The second-order valence-electron chi connectivity index (χ2n) is 28.3. The maximum atomic E-state index is 13.6. The van der Waals surface area contributed by atoms with Gasteiger partial charge >= 0.3 is 17.9 Å². The van der Waals surface area contributed by atoms with Gasteiger partial charge in [-0.2, -0.15) is 0 Å². The summed E-state index contributed by atoms with van der Waals surface area (Å²) in [4.78, 5) is 40.7. The van der Waals surface area contributed by atoms with Gasteiger partial charge in [0.1, 0.15) is 0 Å². The van der Waals surface area contributed by atoms with Crippen molar-refractivity contribution in [2.45, 2.75) is 302 Å². The summed E-state index contributed by atoms with van der Waals surface area (Å²) in [6.07, 6.45) is 34.7. The Bertz CT molecular complexity index is 1230. The Kier molecular flexibility index (Phi) is 44.8. The maximum Gasteiger partial charge on any atom is 0.306 e. The summed E-state index contributed by atoms with van der Waals surface area (Å²) in [5.74, 6) is 6.81. The Morgan fingerprint density at radius 1 is 0.293 bits per heavy atom. The van der Waals surface area contributed by atoms with E-state index in [0.717, 1.165) is 74.0 Å². The molecule has 9 atom stereocenters. The minimum atomic E-state index is -0.958. The van der Waals surface area contributed by atoms with Gasteiger partial charge in [0.05, 0.1) is 21.1 Å². The van der Waals surface area contributed by atoms with E-state index in [1.807, 2.05) is 21.1 Å². The van der Waals surface area contributed by atoms with Crippen molar-refractivity contribution in [3.63, 3.8) is 0 Å². The first-order valence-corrected chi connectivity index (χ1v) is 32.0. The van der Waals surface area contributed by atoms with E-state index in [-0.39, 0.29) is 67.9 Å². The first kappa shape index (κ1) is 75.7. The number of halogens is 1. The second kappa shape index (κ2) is 44.4. The molecule has 9 unspecified atom stereocenters. The van der Waals surface area contributed by atoms with Gasteiger partial charge in [0.2, 0.25) is 5.54 Å². The highest BCUT2D eigenvalue weighted by atomic mass is 35.5. The number of hydrogen-bond donors (Lipinski definition) is 0. The molecule has 0 aromatic rings. The van der Waals surface area contributed by atoms with Gasteiger partial charge in [0, 0.05) is 19.3 Å². The summed E-state index contributed by atoms with van der Waals surface area (Å²) in [6, 6.07) is 0. The highest BCUT2D eigenvalue weighted by Crippen LogP contribution is 2.29. The fourth-order valence-electron chi connectivity index (χ4n) is 11.1. The Morgan fingerprint density at radius 3 is 0.613 bits per heavy atom. The summed E-state index contributed by atoms with van der Waals surface area (Å²) in [7, 11) is 6.05. The van der Waals surface area contributed by atoms with E-state index in [4.69, 9.17) is 14.2 Å². The summed E-state index contributed by atoms with van der Waals surface area (Å²) in [5, 5.41) is 0. The fourth-order valence-corrected chi connectivity index (χ4v) is 11.1. The van der Waals surface area contributed by atoms with Gasteiger partial charge in [-0.3, -0.25) is 14.4 Å². The first-order chi connectivity index (χ1) is 34.7. The minimum Gasteiger partial charge on any atom is -1.00 e. The Labute approximate surface area is 475 Å². The van der Waals surface area contributed by atoms with Crippen LogP contribution >= 0.6 is 0 Å². The highest BCUT2D eigenvalue weighted by molar-refractivity contribution is 5.71. The molecule has 0 rings (SSSR count). The fraction of sp³-hybridized carbons (Fsp3) is 0.955. The molecule has 0 N–H and O–H groups in total. The standard InChI is InChI=1S/C67H132NO6.ClH/c1-52(2)28-19-31-55(7)34-22-37-58(10)40-25-43-61(13)46-64(69)72-49-67(68(16,17)18,50-73-65(70)47-62(14)44-26-41-59(11)38-23-35-56(8)32-20-29-53(3)4)51-74-66(71)48-63(15)45-27-42-60(12)39-24-36-57(9)33-21-30-54(5)6;/h52-63H,19-51H2,1-18H3;1H/q+1;/p-1. The van der Waals surface area contributed by atoms with Gasteiger partial charge in [0.15, 0.2) is 19.8 Å². The van der Waals surface area contributed by atoms with Crippen LogP contribution in [0.15, 0.2) is 0 Å². The van der Waals surface area contributed by atoms with E-state index in [1.54, 1.807) is 0 Å². The van der Waals surface area contributed by atoms with E-state index in [2.05, 4.69) is 104 Å². The zero-order valence-electron chi connectivity index (χ0n) is 53.5. The lowest BCUT2D eigenvalue weighted by Gasteiger charge is -2.44. The third-order valence-electron chi connectivity index (χ3n) is 17.3. The van der Waals surface area contributed by atoms with Crippen molar-refractivity contribution in [1.29, 1.82) is 0 Å². The number of carbonyl (C=O) groups is 3. The highest BCUT2D eigenvalue weighted by Gasteiger charge is 2.48. The van der Waals surface area contributed by atoms with E-state index in [1.165, 1.54) is 135 Å². The van der Waals surface area contributed by atoms with Gasteiger partial charge in [0.25, 0.3) is 0 Å². The SMILES string of the molecule is CC(C)CCCC(C)CCCC(C)CCCC(C)CC(=O)OCC(COC(=O)CC(C)CCCC(C)CCCC(C)CCCC(C)C)(COC(=O)CC(C)CCCC(C)CCCC(C)CCCC(C)C)[N+](C)(C)C.[Cl-]. The van der Waals surface area contributed by atoms with Crippen LogP contribution in [0.5, 0.6) is 0 Å². The number of quaternary nitrogens is 1. The van der Waals surface area contributed by atoms with Crippen LogP contribution in [0.3, 0.4) is 0 Å². The zero-order chi connectivity index (χ0) is 56.1. The van der Waals surface area contributed by atoms with Crippen molar-refractivity contribution in [3.8, 4) is 0 Å². The first-order valence-electron chi connectivity index (χ1n) is 32.0. The number of esters is 3. The van der Waals surface area contributed by atoms with Crippen LogP contribution in [-0.4, -0.2) is 68.9 Å². The van der Waals surface area contributed by atoms with Crippen molar-refractivity contribution in [1.82, 2.24) is 0 Å². The average molecular weight is 1080 g/mol. The molecule has 0 aromatic carbocycles. The number of ether oxygens (including phenoxy) is 3. The quantitative estimate of drug-likeness (QED) is 0.0343. The molecule has 75 heavy (non-hydrogen) atoms. The molecule has 0 aliphatic heterocycles. The molecule has 0 saturated carbocycles. The van der Waals surface area contributed by atoms with Crippen LogP contribution in [0.4, 0.5) is 0 Å². The molecule has 0 spiro atoms. The molecule has 448 valence electrons.